The zero-order chi connectivity index (χ0) is 46.0. The predicted octanol–water partition coefficient (Wildman–Crippen LogP) is 7.55. The van der Waals surface area contributed by atoms with E-state index in [0.717, 1.165) is 50.5 Å². The molecule has 64 heavy (non-hydrogen) atoms. The second-order valence-electron chi connectivity index (χ2n) is 20.9. The molecule has 4 aromatic heterocycles. The number of piperidine rings is 3. The van der Waals surface area contributed by atoms with Crippen molar-refractivity contribution in [1.82, 2.24) is 52.8 Å². The Bertz CT molecular complexity index is 1870. The molecule has 9 heterocycles. The van der Waals surface area contributed by atoms with Gasteiger partial charge in [0.2, 0.25) is 0 Å². The van der Waals surface area contributed by atoms with Crippen LogP contribution in [0, 0.1) is 5.92 Å². The van der Waals surface area contributed by atoms with Crippen molar-refractivity contribution in [3.8, 4) is 0 Å². The molecule has 0 amide bonds. The van der Waals surface area contributed by atoms with E-state index in [4.69, 9.17) is 0 Å². The van der Waals surface area contributed by atoms with Crippen molar-refractivity contribution in [2.75, 3.05) is 39.3 Å². The van der Waals surface area contributed by atoms with Crippen LogP contribution in [0.5, 0.6) is 0 Å². The highest BCUT2D eigenvalue weighted by Crippen LogP contribution is 2.44. The van der Waals surface area contributed by atoms with Crippen LogP contribution in [0.25, 0.3) is 0 Å². The summed E-state index contributed by atoms with van der Waals surface area (Å²) >= 11 is 0. The number of aliphatic hydroxyl groups excluding tert-OH is 1. The number of fused-ring (bicyclic) bond motifs is 2. The molecule has 5 aliphatic heterocycles. The molecule has 13 nitrogen and oxygen atoms in total. The molecular formula is C51H87N11O2. The number of aromatic nitrogens is 7. The summed E-state index contributed by atoms with van der Waals surface area (Å²) in [7, 11) is 4.06. The van der Waals surface area contributed by atoms with Crippen molar-refractivity contribution >= 4 is 0 Å². The summed E-state index contributed by atoms with van der Waals surface area (Å²) in [5.41, 5.74) is -0.737. The largest absolute Gasteiger partial charge is 0.391 e. The van der Waals surface area contributed by atoms with Crippen LogP contribution in [0.2, 0.25) is 0 Å². The van der Waals surface area contributed by atoms with Crippen LogP contribution in [-0.2, 0) is 26.2 Å². The maximum Gasteiger partial charge on any atom is 0.140 e. The van der Waals surface area contributed by atoms with Gasteiger partial charge in [-0.2, -0.15) is 0 Å². The average molecular weight is 886 g/mol. The van der Waals surface area contributed by atoms with Crippen LogP contribution in [0.15, 0.2) is 68.0 Å². The normalized spacial score (nSPS) is 28.4. The summed E-state index contributed by atoms with van der Waals surface area (Å²) in [5, 5.41) is 21.3. The fraction of sp³-hybridized carbons (Fsp3) is 0.745. The fourth-order valence-electron chi connectivity index (χ4n) is 11.5. The standard InChI is InChI=1S/C15H25N3O.C13H22N2.C12H21N3O.C11H19N3/c1-11(2)18-12-5-4-6-13(18)10-15(19,9-12)14-16-7-8-17(14)3;1-12(2)15-9-5-6-13(11-15)10-14-7-3-4-8-14;1-10(2)14-6-3-11(12(16)4-7-14)15-8-5-13-9-15;1-9(2)14-6-4-10(8-14)11-12-5-7-13(11)3/h7-8,11-13,19H,4-6,9-10H2,1-3H3;3-4,7-8,12-13H,5-6,9-11H2,1-2H3;5,8-12,16H,3-4,6-7H2,1-2H3;5,7,9-10H,4,6,8H2,1-3H3/t;;11-,12-;/m..0./s1. The lowest BCUT2D eigenvalue weighted by atomic mass is 9.74. The van der Waals surface area contributed by atoms with E-state index in [1.165, 1.54) is 77.1 Å². The van der Waals surface area contributed by atoms with Gasteiger partial charge in [-0.15, -0.1) is 0 Å². The zero-order valence-corrected chi connectivity index (χ0v) is 41.5. The van der Waals surface area contributed by atoms with Gasteiger partial charge in [-0.05, 0) is 144 Å². The van der Waals surface area contributed by atoms with Crippen LogP contribution < -0.4 is 0 Å². The summed E-state index contributed by atoms with van der Waals surface area (Å²) in [6, 6.07) is 7.94. The van der Waals surface area contributed by atoms with Gasteiger partial charge in [0.05, 0.1) is 18.5 Å². The number of hydrogen-bond acceptors (Lipinski definition) is 9. The van der Waals surface area contributed by atoms with E-state index in [9.17, 15) is 10.2 Å². The average Bonchev–Trinajstić information content (AvgIpc) is 4.12. The van der Waals surface area contributed by atoms with Gasteiger partial charge in [0.15, 0.2) is 0 Å². The van der Waals surface area contributed by atoms with E-state index in [-0.39, 0.29) is 12.1 Å². The van der Waals surface area contributed by atoms with Crippen molar-refractivity contribution in [1.29, 1.82) is 0 Å². The van der Waals surface area contributed by atoms with E-state index in [2.05, 4.69) is 131 Å². The first-order valence-electron chi connectivity index (χ1n) is 25.1. The number of likely N-dealkylation sites (tertiary alicyclic amines) is 3. The highest BCUT2D eigenvalue weighted by Gasteiger charge is 2.48. The molecule has 4 aromatic rings. The van der Waals surface area contributed by atoms with Crippen LogP contribution >= 0.6 is 0 Å². The lowest BCUT2D eigenvalue weighted by Gasteiger charge is -2.53. The highest BCUT2D eigenvalue weighted by atomic mass is 16.3. The van der Waals surface area contributed by atoms with Gasteiger partial charge in [0.1, 0.15) is 17.2 Å². The van der Waals surface area contributed by atoms with E-state index < -0.39 is 5.60 Å². The van der Waals surface area contributed by atoms with Gasteiger partial charge < -0.3 is 43.2 Å². The Hall–Kier alpha value is -3.33. The number of hydrogen-bond donors (Lipinski definition) is 2. The number of rotatable bonds is 9. The monoisotopic (exact) mass is 886 g/mol. The maximum atomic E-state index is 11.1. The van der Waals surface area contributed by atoms with Gasteiger partial charge in [-0.3, -0.25) is 4.90 Å². The van der Waals surface area contributed by atoms with E-state index in [1.54, 1.807) is 18.7 Å². The predicted molar refractivity (Wildman–Crippen MR) is 259 cm³/mol. The van der Waals surface area contributed by atoms with Crippen molar-refractivity contribution in [3.63, 3.8) is 0 Å². The molecule has 2 bridgehead atoms. The Balaban J connectivity index is 0.000000143. The summed E-state index contributed by atoms with van der Waals surface area (Å²) < 4.78 is 8.47. The molecule has 0 aliphatic carbocycles. The lowest BCUT2D eigenvalue weighted by Crippen LogP contribution is -2.59. The lowest BCUT2D eigenvalue weighted by molar-refractivity contribution is -0.112. The van der Waals surface area contributed by atoms with Crippen molar-refractivity contribution < 1.29 is 10.2 Å². The van der Waals surface area contributed by atoms with Crippen molar-refractivity contribution in [2.45, 2.75) is 186 Å². The summed E-state index contributed by atoms with van der Waals surface area (Å²) in [6.45, 7) is 26.3. The fourth-order valence-corrected chi connectivity index (χ4v) is 11.5. The highest BCUT2D eigenvalue weighted by molar-refractivity contribution is 5.12. The molecule has 358 valence electrons. The second kappa shape index (κ2) is 23.4. The molecule has 5 saturated heterocycles. The quantitative estimate of drug-likeness (QED) is 0.176. The first-order valence-corrected chi connectivity index (χ1v) is 25.1. The Labute approximate surface area is 386 Å². The first kappa shape index (κ1) is 50.1. The first-order chi connectivity index (χ1) is 30.6. The Kier molecular flexibility index (Phi) is 18.3. The number of aliphatic hydroxyl groups is 2. The SMILES string of the molecule is CC(C)N1C2CCCC1CC(O)(c1nccn1C)C2.CC(C)N1CCC(c2nccn2C)C1.CC(C)N1CCCC(Cn2cccc2)C1.CC(C)N1CC[C@H](O)[C@@H](n2ccnc2)CC1. The van der Waals surface area contributed by atoms with Crippen LogP contribution in [0.1, 0.15) is 143 Å². The van der Waals surface area contributed by atoms with E-state index in [1.807, 2.05) is 41.0 Å². The van der Waals surface area contributed by atoms with Crippen molar-refractivity contribution in [2.24, 2.45) is 20.0 Å². The minimum atomic E-state index is -0.737. The smallest absolute Gasteiger partial charge is 0.140 e. The third-order valence-electron chi connectivity index (χ3n) is 15.0. The maximum absolute atomic E-state index is 11.1. The number of aryl methyl sites for hydroxylation is 2. The van der Waals surface area contributed by atoms with Gasteiger partial charge in [0.25, 0.3) is 0 Å². The molecule has 2 N–H and O–H groups in total. The molecule has 0 aromatic carbocycles. The molecule has 5 aliphatic rings. The van der Waals surface area contributed by atoms with Crippen LogP contribution in [-0.4, -0.2) is 145 Å². The summed E-state index contributed by atoms with van der Waals surface area (Å²) in [6.07, 6.45) is 28.5. The third-order valence-corrected chi connectivity index (χ3v) is 15.0. The molecule has 0 saturated carbocycles. The summed E-state index contributed by atoms with van der Waals surface area (Å²) in [5.74, 6) is 3.56. The Morgan fingerprint density at radius 2 is 1.27 bits per heavy atom. The minimum absolute atomic E-state index is 0.186. The number of nitrogens with zero attached hydrogens (tertiary/aromatic N) is 11. The van der Waals surface area contributed by atoms with Gasteiger partial charge in [0, 0.05) is 139 Å². The van der Waals surface area contributed by atoms with Gasteiger partial charge in [-0.1, -0.05) is 6.42 Å². The second-order valence-corrected chi connectivity index (χ2v) is 20.9. The zero-order valence-electron chi connectivity index (χ0n) is 41.5. The Morgan fingerprint density at radius 1 is 0.641 bits per heavy atom. The molecule has 9 rings (SSSR count). The van der Waals surface area contributed by atoms with Gasteiger partial charge in [-0.25, -0.2) is 15.0 Å². The minimum Gasteiger partial charge on any atom is -0.391 e. The summed E-state index contributed by atoms with van der Waals surface area (Å²) in [4.78, 5) is 23.1. The molecule has 0 spiro atoms. The third kappa shape index (κ3) is 13.2. The van der Waals surface area contributed by atoms with Crippen LogP contribution in [0.3, 0.4) is 0 Å². The molecule has 4 unspecified atom stereocenters. The molecule has 6 atom stereocenters. The van der Waals surface area contributed by atoms with E-state index >= 15 is 0 Å². The molecule has 5 fully saturated rings. The van der Waals surface area contributed by atoms with E-state index in [0.29, 0.717) is 42.2 Å². The molecule has 13 heteroatoms. The van der Waals surface area contributed by atoms with Crippen LogP contribution in [0.4, 0.5) is 0 Å². The topological polar surface area (TPSA) is 112 Å². The van der Waals surface area contributed by atoms with Crippen molar-refractivity contribution in [3.05, 3.63) is 79.7 Å². The van der Waals surface area contributed by atoms with Gasteiger partial charge >= 0.3 is 0 Å². The molecule has 0 radical (unpaired) electrons. The number of imidazole rings is 3. The molecular weight excluding hydrogens is 799 g/mol. The Morgan fingerprint density at radius 3 is 1.83 bits per heavy atom.